The van der Waals surface area contributed by atoms with Gasteiger partial charge in [0.05, 0.1) is 12.8 Å². The van der Waals surface area contributed by atoms with E-state index in [4.69, 9.17) is 4.42 Å². The number of guanidine groups is 1. The van der Waals surface area contributed by atoms with E-state index in [-0.39, 0.29) is 0 Å². The van der Waals surface area contributed by atoms with Crippen LogP contribution in [0, 0.1) is 0 Å². The Labute approximate surface area is 133 Å². The van der Waals surface area contributed by atoms with E-state index in [9.17, 15) is 0 Å². The highest BCUT2D eigenvalue weighted by molar-refractivity contribution is 5.79. The van der Waals surface area contributed by atoms with Gasteiger partial charge in [-0.25, -0.2) is 4.98 Å². The van der Waals surface area contributed by atoms with Crippen LogP contribution in [-0.2, 0) is 13.1 Å². The highest BCUT2D eigenvalue weighted by Crippen LogP contribution is 2.14. The van der Waals surface area contributed by atoms with E-state index >= 15 is 0 Å². The molecule has 0 aliphatic rings. The second kappa shape index (κ2) is 7.26. The first kappa shape index (κ1) is 14.8. The molecule has 0 spiro atoms. The first-order valence-corrected chi connectivity index (χ1v) is 7.29. The normalized spacial score (nSPS) is 11.4. The molecule has 0 unspecified atom stereocenters. The molecule has 0 aliphatic heterocycles. The number of hydrogen-bond donors (Lipinski definition) is 3. The van der Waals surface area contributed by atoms with Crippen LogP contribution in [0.1, 0.15) is 11.4 Å². The third-order valence-electron chi connectivity index (χ3n) is 3.22. The van der Waals surface area contributed by atoms with E-state index < -0.39 is 0 Å². The van der Waals surface area contributed by atoms with Crippen molar-refractivity contribution in [2.75, 3.05) is 7.05 Å². The summed E-state index contributed by atoms with van der Waals surface area (Å²) in [7, 11) is 1.73. The molecule has 0 radical (unpaired) electrons. The maximum absolute atomic E-state index is 5.27. The minimum atomic E-state index is 0.488. The Balaban J connectivity index is 1.52. The van der Waals surface area contributed by atoms with Gasteiger partial charge in [0.1, 0.15) is 5.82 Å². The van der Waals surface area contributed by atoms with Gasteiger partial charge >= 0.3 is 0 Å². The van der Waals surface area contributed by atoms with Crippen molar-refractivity contribution in [3.63, 3.8) is 0 Å². The third-order valence-corrected chi connectivity index (χ3v) is 3.22. The molecule has 7 heteroatoms. The van der Waals surface area contributed by atoms with Gasteiger partial charge < -0.3 is 15.1 Å². The lowest BCUT2D eigenvalue weighted by Crippen LogP contribution is -2.36. The maximum Gasteiger partial charge on any atom is 0.216 e. The van der Waals surface area contributed by atoms with Crippen LogP contribution in [0.2, 0.25) is 0 Å². The summed E-state index contributed by atoms with van der Waals surface area (Å²) < 4.78 is 5.27. The molecule has 23 heavy (non-hydrogen) atoms. The van der Waals surface area contributed by atoms with Crippen LogP contribution >= 0.6 is 0 Å². The van der Waals surface area contributed by atoms with Crippen molar-refractivity contribution in [3.05, 3.63) is 60.1 Å². The predicted octanol–water partition coefficient (Wildman–Crippen LogP) is 1.93. The average molecular weight is 310 g/mol. The Morgan fingerprint density at radius 1 is 1.13 bits per heavy atom. The Morgan fingerprint density at radius 2 is 1.96 bits per heavy atom. The lowest BCUT2D eigenvalue weighted by Gasteiger charge is -2.10. The van der Waals surface area contributed by atoms with Crippen molar-refractivity contribution in [1.29, 1.82) is 0 Å². The third kappa shape index (κ3) is 3.97. The van der Waals surface area contributed by atoms with Crippen LogP contribution in [0.4, 0.5) is 0 Å². The summed E-state index contributed by atoms with van der Waals surface area (Å²) in [6.07, 6.45) is 1.60. The monoisotopic (exact) mass is 310 g/mol. The Bertz CT molecular complexity index is 748. The van der Waals surface area contributed by atoms with E-state index in [1.54, 1.807) is 19.4 Å². The molecule has 118 valence electrons. The molecule has 2 heterocycles. The quantitative estimate of drug-likeness (QED) is 0.495. The molecule has 3 rings (SSSR count). The van der Waals surface area contributed by atoms with Gasteiger partial charge in [-0.1, -0.05) is 30.3 Å². The molecule has 0 saturated carbocycles. The molecule has 0 aliphatic carbocycles. The van der Waals surface area contributed by atoms with Crippen molar-refractivity contribution in [2.45, 2.75) is 13.1 Å². The standard InChI is InChI=1S/C16H18N6O/c1-17-16(18-10-12-6-3-2-4-7-12)19-11-14-20-15(22-21-14)13-8-5-9-23-13/h2-9H,10-11H2,1H3,(H2,17,18,19)(H,20,21,22). The summed E-state index contributed by atoms with van der Waals surface area (Å²) in [6.45, 7) is 1.19. The van der Waals surface area contributed by atoms with Gasteiger partial charge in [-0.2, -0.15) is 0 Å². The molecule has 1 aromatic carbocycles. The molecule has 3 N–H and O–H groups in total. The van der Waals surface area contributed by atoms with Gasteiger partial charge in [0.2, 0.25) is 5.82 Å². The molecule has 7 nitrogen and oxygen atoms in total. The van der Waals surface area contributed by atoms with Gasteiger partial charge in [0, 0.05) is 13.6 Å². The summed E-state index contributed by atoms with van der Waals surface area (Å²) in [5.41, 5.74) is 1.19. The molecule has 0 bridgehead atoms. The number of aromatic amines is 1. The molecule has 0 amide bonds. The smallest absolute Gasteiger partial charge is 0.216 e. The van der Waals surface area contributed by atoms with Crippen LogP contribution in [0.5, 0.6) is 0 Å². The predicted molar refractivity (Wildman–Crippen MR) is 87.6 cm³/mol. The lowest BCUT2D eigenvalue weighted by atomic mass is 10.2. The second-order valence-electron chi connectivity index (χ2n) is 4.85. The molecular weight excluding hydrogens is 292 g/mol. The first-order valence-electron chi connectivity index (χ1n) is 7.29. The molecule has 0 atom stereocenters. The van der Waals surface area contributed by atoms with E-state index in [0.717, 1.165) is 0 Å². The highest BCUT2D eigenvalue weighted by atomic mass is 16.3. The number of aromatic nitrogens is 3. The topological polar surface area (TPSA) is 91.1 Å². The van der Waals surface area contributed by atoms with E-state index in [2.05, 4.69) is 42.9 Å². The number of hydrogen-bond acceptors (Lipinski definition) is 4. The molecule has 3 aromatic rings. The van der Waals surface area contributed by atoms with Crippen LogP contribution < -0.4 is 10.6 Å². The van der Waals surface area contributed by atoms with Crippen LogP contribution in [0.25, 0.3) is 11.6 Å². The number of nitrogens with zero attached hydrogens (tertiary/aromatic N) is 3. The van der Waals surface area contributed by atoms with Gasteiger partial charge in [-0.15, -0.1) is 5.10 Å². The van der Waals surface area contributed by atoms with E-state index in [1.807, 2.05) is 24.3 Å². The minimum absolute atomic E-state index is 0.488. The summed E-state index contributed by atoms with van der Waals surface area (Å²) in [6, 6.07) is 13.8. The Hall–Kier alpha value is -3.09. The number of furan rings is 1. The van der Waals surface area contributed by atoms with Crippen LogP contribution in [0.15, 0.2) is 58.1 Å². The van der Waals surface area contributed by atoms with E-state index in [0.29, 0.717) is 36.5 Å². The van der Waals surface area contributed by atoms with Crippen molar-refractivity contribution >= 4 is 5.96 Å². The van der Waals surface area contributed by atoms with Gasteiger partial charge in [-0.05, 0) is 17.7 Å². The fraction of sp³-hybridized carbons (Fsp3) is 0.188. The number of nitrogens with one attached hydrogen (secondary N) is 3. The largest absolute Gasteiger partial charge is 0.461 e. The van der Waals surface area contributed by atoms with Crippen LogP contribution in [-0.4, -0.2) is 28.2 Å². The van der Waals surface area contributed by atoms with Crippen molar-refractivity contribution in [3.8, 4) is 11.6 Å². The van der Waals surface area contributed by atoms with Crippen molar-refractivity contribution in [2.24, 2.45) is 4.99 Å². The summed E-state index contributed by atoms with van der Waals surface area (Å²) in [5.74, 6) is 2.59. The number of rotatable bonds is 5. The fourth-order valence-electron chi connectivity index (χ4n) is 2.06. The highest BCUT2D eigenvalue weighted by Gasteiger charge is 2.08. The number of benzene rings is 1. The molecular formula is C16H18N6O. The zero-order valence-electron chi connectivity index (χ0n) is 12.8. The van der Waals surface area contributed by atoms with Gasteiger partial charge in [0.15, 0.2) is 11.7 Å². The molecule has 2 aromatic heterocycles. The van der Waals surface area contributed by atoms with Crippen molar-refractivity contribution < 1.29 is 4.42 Å². The summed E-state index contributed by atoms with van der Waals surface area (Å²) >= 11 is 0. The fourth-order valence-corrected chi connectivity index (χ4v) is 2.06. The van der Waals surface area contributed by atoms with Gasteiger partial charge in [0.25, 0.3) is 0 Å². The van der Waals surface area contributed by atoms with Crippen molar-refractivity contribution in [1.82, 2.24) is 25.8 Å². The van der Waals surface area contributed by atoms with Crippen LogP contribution in [0.3, 0.4) is 0 Å². The SMILES string of the molecule is CN=C(NCc1ccccc1)NCc1nc(-c2ccco2)n[nH]1. The zero-order valence-corrected chi connectivity index (χ0v) is 12.8. The first-order chi connectivity index (χ1) is 11.3. The lowest BCUT2D eigenvalue weighted by molar-refractivity contribution is 0.577. The number of aliphatic imine (C=N–C) groups is 1. The minimum Gasteiger partial charge on any atom is -0.461 e. The summed E-state index contributed by atoms with van der Waals surface area (Å²) in [4.78, 5) is 8.56. The number of H-pyrrole nitrogens is 1. The average Bonchev–Trinajstić information content (AvgIpc) is 3.27. The second-order valence-corrected chi connectivity index (χ2v) is 4.85. The maximum atomic E-state index is 5.27. The molecule has 0 saturated heterocycles. The Kier molecular flexibility index (Phi) is 4.68. The Morgan fingerprint density at radius 3 is 2.70 bits per heavy atom. The zero-order chi connectivity index (χ0) is 15.9. The van der Waals surface area contributed by atoms with E-state index in [1.165, 1.54) is 5.56 Å². The van der Waals surface area contributed by atoms with Gasteiger partial charge in [-0.3, -0.25) is 10.1 Å². The molecule has 0 fully saturated rings. The summed E-state index contributed by atoms with van der Waals surface area (Å²) in [5, 5.41) is 13.4.